The average molecular weight is 198 g/mol. The summed E-state index contributed by atoms with van der Waals surface area (Å²) in [6.45, 7) is -0.455. The van der Waals surface area contributed by atoms with E-state index in [2.05, 4.69) is 4.98 Å². The number of carbonyl (C=O) groups is 1. The van der Waals surface area contributed by atoms with Gasteiger partial charge in [-0.25, -0.2) is 9.78 Å². The molecule has 1 rings (SSSR count). The number of aliphatic hydroxyl groups excluding tert-OH is 2. The number of amides is 1. The first kappa shape index (κ1) is 10.4. The van der Waals surface area contributed by atoms with Crippen LogP contribution in [-0.4, -0.2) is 33.0 Å². The second kappa shape index (κ2) is 4.54. The van der Waals surface area contributed by atoms with Crippen LogP contribution in [0.2, 0.25) is 0 Å². The largest absolute Gasteiger partial charge is 0.465 e. The first-order valence-corrected chi connectivity index (χ1v) is 3.89. The minimum atomic E-state index is -1.23. The number of aliphatic hydroxyl groups is 2. The molecule has 1 atom stereocenters. The molecule has 0 aliphatic heterocycles. The number of hydrogen-bond donors (Lipinski definition) is 4. The fourth-order valence-electron chi connectivity index (χ4n) is 0.910. The van der Waals surface area contributed by atoms with Gasteiger partial charge in [0.2, 0.25) is 0 Å². The van der Waals surface area contributed by atoms with Gasteiger partial charge < -0.3 is 15.3 Å². The summed E-state index contributed by atoms with van der Waals surface area (Å²) < 4.78 is 0. The highest BCUT2D eigenvalue weighted by Gasteiger charge is 2.08. The van der Waals surface area contributed by atoms with Crippen LogP contribution in [0.1, 0.15) is 11.8 Å². The normalized spacial score (nSPS) is 12.1. The minimum absolute atomic E-state index is 0.113. The smallest absolute Gasteiger partial charge is 0.410 e. The fraction of sp³-hybridized carbons (Fsp3) is 0.250. The quantitative estimate of drug-likeness (QED) is 0.555. The Hall–Kier alpha value is -1.66. The Morgan fingerprint density at radius 1 is 1.57 bits per heavy atom. The maximum atomic E-state index is 10.3. The second-order valence-electron chi connectivity index (χ2n) is 2.58. The lowest BCUT2D eigenvalue weighted by Crippen LogP contribution is -2.11. The molecule has 0 spiro atoms. The fourth-order valence-corrected chi connectivity index (χ4v) is 0.910. The summed E-state index contributed by atoms with van der Waals surface area (Å²) in [6.07, 6.45) is -2.32. The van der Waals surface area contributed by atoms with Crippen molar-refractivity contribution >= 4 is 11.9 Å². The Morgan fingerprint density at radius 3 is 2.86 bits per heavy atom. The number of rotatable bonds is 3. The van der Waals surface area contributed by atoms with Crippen LogP contribution in [0.3, 0.4) is 0 Å². The predicted octanol–water partition coefficient (Wildman–Crippen LogP) is 0.197. The number of nitrogens with zero attached hydrogens (tertiary/aromatic N) is 1. The molecule has 6 heteroatoms. The predicted molar refractivity (Wildman–Crippen MR) is 47.9 cm³/mol. The van der Waals surface area contributed by atoms with Crippen LogP contribution in [0.15, 0.2) is 18.2 Å². The van der Waals surface area contributed by atoms with E-state index in [0.29, 0.717) is 0 Å². The van der Waals surface area contributed by atoms with Crippen molar-refractivity contribution in [3.63, 3.8) is 0 Å². The van der Waals surface area contributed by atoms with Crippen LogP contribution in [0.4, 0.5) is 10.6 Å². The zero-order valence-corrected chi connectivity index (χ0v) is 7.21. The summed E-state index contributed by atoms with van der Waals surface area (Å²) in [4.78, 5) is 14.0. The van der Waals surface area contributed by atoms with Gasteiger partial charge in [0.05, 0.1) is 12.3 Å². The zero-order chi connectivity index (χ0) is 10.6. The molecule has 0 bridgehead atoms. The molecule has 6 nitrogen and oxygen atoms in total. The molecule has 1 amide bonds. The maximum absolute atomic E-state index is 10.3. The van der Waals surface area contributed by atoms with Gasteiger partial charge in [0, 0.05) is 0 Å². The third kappa shape index (κ3) is 2.68. The van der Waals surface area contributed by atoms with Crippen molar-refractivity contribution in [1.82, 2.24) is 4.98 Å². The highest BCUT2D eigenvalue weighted by Crippen LogP contribution is 2.11. The van der Waals surface area contributed by atoms with Crippen molar-refractivity contribution in [2.24, 2.45) is 0 Å². The number of nitrogens with one attached hydrogen (secondary N) is 1. The van der Waals surface area contributed by atoms with E-state index < -0.39 is 18.8 Å². The van der Waals surface area contributed by atoms with E-state index in [4.69, 9.17) is 10.2 Å². The molecule has 0 aliphatic carbocycles. The van der Waals surface area contributed by atoms with E-state index in [9.17, 15) is 9.90 Å². The SMILES string of the molecule is O=C(O)Nc1cccc(C(O)CO)n1. The van der Waals surface area contributed by atoms with E-state index in [1.165, 1.54) is 18.2 Å². The summed E-state index contributed by atoms with van der Waals surface area (Å²) in [5, 5.41) is 28.3. The lowest BCUT2D eigenvalue weighted by molar-refractivity contribution is 0.0924. The standard InChI is InChI=1S/C8H10N2O4/c11-4-6(12)5-2-1-3-7(9-5)10-8(13)14/h1-3,6,11-12H,4H2,(H,9,10)(H,13,14). The molecule has 0 aromatic carbocycles. The Labute approximate surface area is 79.8 Å². The van der Waals surface area contributed by atoms with Gasteiger partial charge in [0.1, 0.15) is 11.9 Å². The summed E-state index contributed by atoms with van der Waals surface area (Å²) in [6, 6.07) is 4.47. The summed E-state index contributed by atoms with van der Waals surface area (Å²) in [5.74, 6) is 0.113. The molecule has 0 aliphatic rings. The van der Waals surface area contributed by atoms with Gasteiger partial charge in [-0.15, -0.1) is 0 Å². The Morgan fingerprint density at radius 2 is 2.29 bits per heavy atom. The van der Waals surface area contributed by atoms with Crippen LogP contribution >= 0.6 is 0 Å². The molecular weight excluding hydrogens is 188 g/mol. The second-order valence-corrected chi connectivity index (χ2v) is 2.58. The molecule has 4 N–H and O–H groups in total. The lowest BCUT2D eigenvalue weighted by Gasteiger charge is -2.07. The van der Waals surface area contributed by atoms with Crippen LogP contribution in [-0.2, 0) is 0 Å². The van der Waals surface area contributed by atoms with Crippen LogP contribution in [0.25, 0.3) is 0 Å². The summed E-state index contributed by atoms with van der Waals surface area (Å²) in [5.41, 5.74) is 0.221. The van der Waals surface area contributed by atoms with Gasteiger partial charge in [-0.05, 0) is 12.1 Å². The molecule has 0 fully saturated rings. The molecule has 0 radical (unpaired) electrons. The summed E-state index contributed by atoms with van der Waals surface area (Å²) >= 11 is 0. The highest BCUT2D eigenvalue weighted by molar-refractivity contribution is 5.81. The Balaban J connectivity index is 2.83. The number of pyridine rings is 1. The van der Waals surface area contributed by atoms with Crippen LogP contribution in [0, 0.1) is 0 Å². The van der Waals surface area contributed by atoms with E-state index in [-0.39, 0.29) is 11.5 Å². The molecule has 0 saturated carbocycles. The van der Waals surface area contributed by atoms with E-state index >= 15 is 0 Å². The van der Waals surface area contributed by atoms with Crippen molar-refractivity contribution in [1.29, 1.82) is 0 Å². The molecule has 1 aromatic heterocycles. The van der Waals surface area contributed by atoms with Gasteiger partial charge in [-0.2, -0.15) is 0 Å². The van der Waals surface area contributed by atoms with Crippen molar-refractivity contribution in [2.75, 3.05) is 11.9 Å². The lowest BCUT2D eigenvalue weighted by atomic mass is 10.2. The topological polar surface area (TPSA) is 103 Å². The van der Waals surface area contributed by atoms with Crippen molar-refractivity contribution in [3.8, 4) is 0 Å². The molecular formula is C8H10N2O4. The van der Waals surface area contributed by atoms with E-state index in [1.54, 1.807) is 0 Å². The molecule has 1 aromatic rings. The molecule has 1 unspecified atom stereocenters. The van der Waals surface area contributed by atoms with Crippen molar-refractivity contribution in [2.45, 2.75) is 6.10 Å². The Bertz CT molecular complexity index is 329. The Kier molecular flexibility index (Phi) is 3.38. The number of aromatic nitrogens is 1. The van der Waals surface area contributed by atoms with E-state index in [1.807, 2.05) is 5.32 Å². The third-order valence-electron chi connectivity index (χ3n) is 1.52. The van der Waals surface area contributed by atoms with Gasteiger partial charge >= 0.3 is 6.09 Å². The maximum Gasteiger partial charge on any atom is 0.410 e. The monoisotopic (exact) mass is 198 g/mol. The molecule has 0 saturated heterocycles. The first-order valence-electron chi connectivity index (χ1n) is 3.89. The number of hydrogen-bond acceptors (Lipinski definition) is 4. The first-order chi connectivity index (χ1) is 6.63. The van der Waals surface area contributed by atoms with Crippen LogP contribution < -0.4 is 5.32 Å². The van der Waals surface area contributed by atoms with Gasteiger partial charge in [-0.3, -0.25) is 5.32 Å². The third-order valence-corrected chi connectivity index (χ3v) is 1.52. The van der Waals surface area contributed by atoms with E-state index in [0.717, 1.165) is 0 Å². The van der Waals surface area contributed by atoms with Crippen molar-refractivity contribution < 1.29 is 20.1 Å². The van der Waals surface area contributed by atoms with Gasteiger partial charge in [0.15, 0.2) is 0 Å². The highest BCUT2D eigenvalue weighted by atomic mass is 16.4. The van der Waals surface area contributed by atoms with Crippen molar-refractivity contribution in [3.05, 3.63) is 23.9 Å². The molecule has 76 valence electrons. The zero-order valence-electron chi connectivity index (χ0n) is 7.21. The minimum Gasteiger partial charge on any atom is -0.465 e. The average Bonchev–Trinajstić information content (AvgIpc) is 2.16. The van der Waals surface area contributed by atoms with Crippen LogP contribution in [0.5, 0.6) is 0 Å². The molecule has 1 heterocycles. The van der Waals surface area contributed by atoms with Gasteiger partial charge in [-0.1, -0.05) is 6.07 Å². The molecule has 14 heavy (non-hydrogen) atoms. The number of carboxylic acid groups (broad SMARTS) is 1. The number of anilines is 1. The summed E-state index contributed by atoms with van der Waals surface area (Å²) in [7, 11) is 0. The van der Waals surface area contributed by atoms with Gasteiger partial charge in [0.25, 0.3) is 0 Å².